The van der Waals surface area contributed by atoms with Crippen LogP contribution in [0.4, 0.5) is 24.5 Å². The van der Waals surface area contributed by atoms with Gasteiger partial charge in [-0.1, -0.05) is 29.8 Å². The van der Waals surface area contributed by atoms with E-state index in [2.05, 4.69) is 4.99 Å². The number of carbonyl (C=O) groups excluding carboxylic acids is 1. The van der Waals surface area contributed by atoms with Gasteiger partial charge in [0.2, 0.25) is 0 Å². The first-order valence-corrected chi connectivity index (χ1v) is 7.57. The highest BCUT2D eigenvalue weighted by molar-refractivity contribution is 6.54. The molecule has 1 amide bonds. The molecule has 3 rings (SSSR count). The van der Waals surface area contributed by atoms with Crippen LogP contribution in [0.25, 0.3) is 0 Å². The third-order valence-electron chi connectivity index (χ3n) is 3.71. The second kappa shape index (κ2) is 5.94. The van der Waals surface area contributed by atoms with Crippen LogP contribution in [0.15, 0.2) is 47.5 Å². The van der Waals surface area contributed by atoms with Crippen LogP contribution in [0, 0.1) is 0 Å². The summed E-state index contributed by atoms with van der Waals surface area (Å²) in [5.41, 5.74) is 0.490. The summed E-state index contributed by atoms with van der Waals surface area (Å²) in [5, 5.41) is -0.403. The molecule has 0 saturated heterocycles. The first-order valence-electron chi connectivity index (χ1n) is 7.19. The van der Waals surface area contributed by atoms with Crippen LogP contribution in [-0.2, 0) is 11.0 Å². The predicted octanol–water partition coefficient (Wildman–Crippen LogP) is 4.85. The molecule has 1 aliphatic rings. The van der Waals surface area contributed by atoms with E-state index in [0.717, 1.165) is 12.1 Å². The lowest BCUT2D eigenvalue weighted by Gasteiger charge is -2.13. The topological polar surface area (TPSA) is 32.7 Å². The van der Waals surface area contributed by atoms with Crippen LogP contribution >= 0.6 is 11.6 Å². The standard InChI is InChI=1S/C17H12ClF3N2O/c1-2-23-14-6-4-3-5-11(14)15(16(23)24)22-10-7-8-13(18)12(9-10)17(19,20)21/h3-9H,2H2,1H3. The van der Waals surface area contributed by atoms with E-state index in [0.29, 0.717) is 17.8 Å². The lowest BCUT2D eigenvalue weighted by Crippen LogP contribution is -2.29. The van der Waals surface area contributed by atoms with Crippen molar-refractivity contribution in [2.24, 2.45) is 4.99 Å². The first kappa shape index (κ1) is 16.5. The van der Waals surface area contributed by atoms with Gasteiger partial charge in [0.05, 0.1) is 22.0 Å². The van der Waals surface area contributed by atoms with Crippen molar-refractivity contribution in [1.29, 1.82) is 0 Å². The average molecular weight is 353 g/mol. The van der Waals surface area contributed by atoms with Crippen molar-refractivity contribution in [3.63, 3.8) is 0 Å². The van der Waals surface area contributed by atoms with Crippen LogP contribution in [-0.4, -0.2) is 18.2 Å². The molecule has 0 atom stereocenters. The van der Waals surface area contributed by atoms with Gasteiger partial charge in [-0.25, -0.2) is 4.99 Å². The molecule has 124 valence electrons. The Labute approximate surface area is 141 Å². The maximum Gasteiger partial charge on any atom is 0.417 e. The Kier molecular flexibility index (Phi) is 4.09. The third kappa shape index (κ3) is 2.78. The quantitative estimate of drug-likeness (QED) is 0.760. The van der Waals surface area contributed by atoms with E-state index >= 15 is 0 Å². The van der Waals surface area contributed by atoms with Crippen LogP contribution < -0.4 is 4.90 Å². The van der Waals surface area contributed by atoms with E-state index in [1.165, 1.54) is 11.0 Å². The summed E-state index contributed by atoms with van der Waals surface area (Å²) in [5.74, 6) is -0.331. The monoisotopic (exact) mass is 352 g/mol. The number of rotatable bonds is 2. The van der Waals surface area contributed by atoms with Gasteiger partial charge in [-0.3, -0.25) is 4.79 Å². The smallest absolute Gasteiger partial charge is 0.307 e. The van der Waals surface area contributed by atoms with E-state index in [-0.39, 0.29) is 17.3 Å². The van der Waals surface area contributed by atoms with Gasteiger partial charge < -0.3 is 4.90 Å². The summed E-state index contributed by atoms with van der Waals surface area (Å²) in [6, 6.07) is 10.4. The Morgan fingerprint density at radius 3 is 2.54 bits per heavy atom. The minimum absolute atomic E-state index is 0.0304. The third-order valence-corrected chi connectivity index (χ3v) is 4.04. The number of likely N-dealkylation sites (N-methyl/N-ethyl adjacent to an activating group) is 1. The minimum Gasteiger partial charge on any atom is -0.307 e. The SMILES string of the molecule is CCN1C(=O)C(=Nc2ccc(Cl)c(C(F)(F)F)c2)c2ccccc21. The molecule has 0 aromatic heterocycles. The van der Waals surface area contributed by atoms with Gasteiger partial charge in [0.25, 0.3) is 5.91 Å². The van der Waals surface area contributed by atoms with Crippen molar-refractivity contribution in [3.8, 4) is 0 Å². The second-order valence-electron chi connectivity index (χ2n) is 5.19. The molecule has 2 aromatic rings. The van der Waals surface area contributed by atoms with Gasteiger partial charge in [0.15, 0.2) is 0 Å². The fraction of sp³-hybridized carbons (Fsp3) is 0.176. The molecule has 0 saturated carbocycles. The number of nitrogens with zero attached hydrogens (tertiary/aromatic N) is 2. The molecule has 0 fully saturated rings. The van der Waals surface area contributed by atoms with E-state index < -0.39 is 16.8 Å². The number of hydrogen-bond acceptors (Lipinski definition) is 2. The van der Waals surface area contributed by atoms with Gasteiger partial charge in [-0.2, -0.15) is 13.2 Å². The number of amides is 1. The van der Waals surface area contributed by atoms with E-state index in [1.807, 2.05) is 6.92 Å². The normalized spacial score (nSPS) is 16.0. The molecule has 1 heterocycles. The molecule has 0 unspecified atom stereocenters. The number of aliphatic imine (C=N–C) groups is 1. The minimum atomic E-state index is -4.58. The van der Waals surface area contributed by atoms with Gasteiger partial charge in [0, 0.05) is 12.1 Å². The molecule has 2 aromatic carbocycles. The number of anilines is 1. The van der Waals surface area contributed by atoms with Gasteiger partial charge in [-0.15, -0.1) is 0 Å². The molecule has 0 aliphatic carbocycles. The van der Waals surface area contributed by atoms with Gasteiger partial charge in [-0.05, 0) is 31.2 Å². The molecule has 1 aliphatic heterocycles. The summed E-state index contributed by atoms with van der Waals surface area (Å²) < 4.78 is 38.9. The Balaban J connectivity index is 2.11. The highest BCUT2D eigenvalue weighted by Crippen LogP contribution is 2.37. The molecule has 0 N–H and O–H groups in total. The molecule has 3 nitrogen and oxygen atoms in total. The Hall–Kier alpha value is -2.34. The zero-order valence-electron chi connectivity index (χ0n) is 12.6. The molecule has 0 bridgehead atoms. The predicted molar refractivity (Wildman–Crippen MR) is 87.1 cm³/mol. The fourth-order valence-electron chi connectivity index (χ4n) is 2.61. The summed E-state index contributed by atoms with van der Waals surface area (Å²) in [6.45, 7) is 2.27. The highest BCUT2D eigenvalue weighted by atomic mass is 35.5. The fourth-order valence-corrected chi connectivity index (χ4v) is 2.84. The zero-order valence-corrected chi connectivity index (χ0v) is 13.3. The first-order chi connectivity index (χ1) is 11.3. The van der Waals surface area contributed by atoms with Crippen LogP contribution in [0.5, 0.6) is 0 Å². The van der Waals surface area contributed by atoms with Crippen LogP contribution in [0.3, 0.4) is 0 Å². The maximum absolute atomic E-state index is 13.0. The van der Waals surface area contributed by atoms with Crippen LogP contribution in [0.1, 0.15) is 18.1 Å². The van der Waals surface area contributed by atoms with Crippen molar-refractivity contribution < 1.29 is 18.0 Å². The van der Waals surface area contributed by atoms with Gasteiger partial charge >= 0.3 is 6.18 Å². The largest absolute Gasteiger partial charge is 0.417 e. The number of halogens is 4. The number of hydrogen-bond donors (Lipinski definition) is 0. The molecular weight excluding hydrogens is 341 g/mol. The lowest BCUT2D eigenvalue weighted by atomic mass is 10.1. The molecule has 24 heavy (non-hydrogen) atoms. The molecule has 0 radical (unpaired) electrons. The van der Waals surface area contributed by atoms with Crippen molar-refractivity contribution in [3.05, 3.63) is 58.6 Å². The Morgan fingerprint density at radius 1 is 1.17 bits per heavy atom. The number of para-hydroxylation sites is 1. The number of alkyl halides is 3. The Morgan fingerprint density at radius 2 is 1.88 bits per heavy atom. The summed E-state index contributed by atoms with van der Waals surface area (Å²) in [6.07, 6.45) is -4.58. The number of fused-ring (bicyclic) bond motifs is 1. The van der Waals surface area contributed by atoms with Crippen molar-refractivity contribution in [1.82, 2.24) is 0 Å². The Bertz CT molecular complexity index is 846. The number of carbonyl (C=O) groups is 1. The summed E-state index contributed by atoms with van der Waals surface area (Å²) in [7, 11) is 0. The molecule has 0 spiro atoms. The summed E-state index contributed by atoms with van der Waals surface area (Å²) in [4.78, 5) is 18.2. The number of benzene rings is 2. The van der Waals surface area contributed by atoms with Crippen molar-refractivity contribution in [2.45, 2.75) is 13.1 Å². The van der Waals surface area contributed by atoms with E-state index in [9.17, 15) is 18.0 Å². The molecule has 7 heteroatoms. The van der Waals surface area contributed by atoms with Gasteiger partial charge in [0.1, 0.15) is 5.71 Å². The molecular formula is C17H12ClF3N2O. The van der Waals surface area contributed by atoms with E-state index in [4.69, 9.17) is 11.6 Å². The maximum atomic E-state index is 13.0. The van der Waals surface area contributed by atoms with E-state index in [1.54, 1.807) is 24.3 Å². The van der Waals surface area contributed by atoms with Crippen LogP contribution in [0.2, 0.25) is 5.02 Å². The summed E-state index contributed by atoms with van der Waals surface area (Å²) >= 11 is 5.61. The second-order valence-corrected chi connectivity index (χ2v) is 5.60. The highest BCUT2D eigenvalue weighted by Gasteiger charge is 2.35. The average Bonchev–Trinajstić information content (AvgIpc) is 2.80. The van der Waals surface area contributed by atoms with Crippen molar-refractivity contribution >= 4 is 34.6 Å². The lowest BCUT2D eigenvalue weighted by molar-refractivity contribution is -0.137. The zero-order chi connectivity index (χ0) is 17.5. The van der Waals surface area contributed by atoms with Crippen molar-refractivity contribution in [2.75, 3.05) is 11.4 Å².